The Kier molecular flexibility index (Phi) is 5.94. The number of benzene rings is 2. The van der Waals surface area contributed by atoms with Crippen molar-refractivity contribution in [3.63, 3.8) is 0 Å². The SMILES string of the molecule is CCN(C[C@@H](C)C#N)C(=O)Cc1ccc(-c2ccccc2)cc1. The van der Waals surface area contributed by atoms with Crippen LogP contribution in [0.3, 0.4) is 0 Å². The summed E-state index contributed by atoms with van der Waals surface area (Å²) in [6, 6.07) is 20.5. The number of carbonyl (C=O) groups is 1. The zero-order valence-corrected chi connectivity index (χ0v) is 13.7. The largest absolute Gasteiger partial charge is 0.341 e. The Hall–Kier alpha value is -2.60. The maximum Gasteiger partial charge on any atom is 0.227 e. The van der Waals surface area contributed by atoms with Gasteiger partial charge in [0.05, 0.1) is 18.4 Å². The summed E-state index contributed by atoms with van der Waals surface area (Å²) in [6.45, 7) is 4.91. The van der Waals surface area contributed by atoms with Crippen molar-refractivity contribution >= 4 is 5.91 Å². The number of nitriles is 1. The second-order valence-electron chi connectivity index (χ2n) is 5.70. The summed E-state index contributed by atoms with van der Waals surface area (Å²) in [5.41, 5.74) is 3.31. The highest BCUT2D eigenvalue weighted by Crippen LogP contribution is 2.19. The Balaban J connectivity index is 2.03. The summed E-state index contributed by atoms with van der Waals surface area (Å²) in [5, 5.41) is 8.90. The molecule has 1 atom stereocenters. The molecular formula is C20H22N2O. The van der Waals surface area contributed by atoms with Crippen LogP contribution < -0.4 is 0 Å². The van der Waals surface area contributed by atoms with Crippen LogP contribution in [0.25, 0.3) is 11.1 Å². The maximum atomic E-state index is 12.4. The van der Waals surface area contributed by atoms with Crippen LogP contribution in [0.4, 0.5) is 0 Å². The van der Waals surface area contributed by atoms with Crippen molar-refractivity contribution in [2.75, 3.05) is 13.1 Å². The topological polar surface area (TPSA) is 44.1 Å². The summed E-state index contributed by atoms with van der Waals surface area (Å²) in [4.78, 5) is 14.1. The van der Waals surface area contributed by atoms with Crippen LogP contribution in [0.15, 0.2) is 54.6 Å². The van der Waals surface area contributed by atoms with Crippen LogP contribution >= 0.6 is 0 Å². The van der Waals surface area contributed by atoms with E-state index in [1.54, 1.807) is 4.90 Å². The molecule has 0 radical (unpaired) electrons. The Morgan fingerprint density at radius 2 is 1.70 bits per heavy atom. The molecule has 0 aliphatic rings. The lowest BCUT2D eigenvalue weighted by molar-refractivity contribution is -0.130. The molecule has 0 fully saturated rings. The second-order valence-corrected chi connectivity index (χ2v) is 5.70. The van der Waals surface area contributed by atoms with Crippen molar-refractivity contribution in [1.29, 1.82) is 5.26 Å². The zero-order chi connectivity index (χ0) is 16.7. The first-order valence-electron chi connectivity index (χ1n) is 7.95. The van der Waals surface area contributed by atoms with Gasteiger partial charge in [0.1, 0.15) is 0 Å². The van der Waals surface area contributed by atoms with E-state index in [1.165, 1.54) is 5.56 Å². The Morgan fingerprint density at radius 1 is 1.09 bits per heavy atom. The molecule has 0 aliphatic carbocycles. The lowest BCUT2D eigenvalue weighted by Crippen LogP contribution is -2.35. The van der Waals surface area contributed by atoms with E-state index in [0.29, 0.717) is 19.5 Å². The van der Waals surface area contributed by atoms with Crippen molar-refractivity contribution in [2.45, 2.75) is 20.3 Å². The second kappa shape index (κ2) is 8.14. The molecule has 0 heterocycles. The number of rotatable bonds is 6. The van der Waals surface area contributed by atoms with Crippen LogP contribution in [-0.4, -0.2) is 23.9 Å². The number of amides is 1. The minimum Gasteiger partial charge on any atom is -0.341 e. The molecule has 2 aromatic rings. The molecule has 0 unspecified atom stereocenters. The predicted molar refractivity (Wildman–Crippen MR) is 92.6 cm³/mol. The number of hydrogen-bond acceptors (Lipinski definition) is 2. The average molecular weight is 306 g/mol. The van der Waals surface area contributed by atoms with Crippen molar-refractivity contribution < 1.29 is 4.79 Å². The van der Waals surface area contributed by atoms with Crippen LogP contribution in [0.1, 0.15) is 19.4 Å². The van der Waals surface area contributed by atoms with Crippen LogP contribution in [0.5, 0.6) is 0 Å². The van der Waals surface area contributed by atoms with Crippen molar-refractivity contribution in [2.24, 2.45) is 5.92 Å². The molecule has 0 bridgehead atoms. The quantitative estimate of drug-likeness (QED) is 0.812. The Morgan fingerprint density at radius 3 is 2.26 bits per heavy atom. The highest BCUT2D eigenvalue weighted by Gasteiger charge is 2.15. The number of nitrogens with zero attached hydrogens (tertiary/aromatic N) is 2. The molecule has 0 aliphatic heterocycles. The summed E-state index contributed by atoms with van der Waals surface area (Å²) in [5.74, 6) is -0.0681. The lowest BCUT2D eigenvalue weighted by Gasteiger charge is -2.22. The van der Waals surface area contributed by atoms with E-state index in [9.17, 15) is 4.79 Å². The minimum absolute atomic E-state index is 0.0714. The summed E-state index contributed by atoms with van der Waals surface area (Å²) >= 11 is 0. The van der Waals surface area contributed by atoms with E-state index >= 15 is 0 Å². The van der Waals surface area contributed by atoms with Crippen molar-refractivity contribution in [1.82, 2.24) is 4.90 Å². The molecule has 1 amide bonds. The van der Waals surface area contributed by atoms with Crippen LogP contribution in [-0.2, 0) is 11.2 Å². The molecule has 3 nitrogen and oxygen atoms in total. The summed E-state index contributed by atoms with van der Waals surface area (Å²) in [6.07, 6.45) is 0.376. The van der Waals surface area contributed by atoms with E-state index in [4.69, 9.17) is 5.26 Å². The average Bonchev–Trinajstić information content (AvgIpc) is 2.60. The Labute approximate surface area is 138 Å². The highest BCUT2D eigenvalue weighted by atomic mass is 16.2. The third kappa shape index (κ3) is 4.69. The minimum atomic E-state index is -0.139. The molecule has 2 rings (SSSR count). The van der Waals surface area contributed by atoms with Gasteiger partial charge in [-0.2, -0.15) is 5.26 Å². The van der Waals surface area contributed by atoms with E-state index in [0.717, 1.165) is 11.1 Å². The van der Waals surface area contributed by atoms with Crippen LogP contribution in [0.2, 0.25) is 0 Å². The summed E-state index contributed by atoms with van der Waals surface area (Å²) < 4.78 is 0. The van der Waals surface area contributed by atoms with Crippen LogP contribution in [0, 0.1) is 17.2 Å². The van der Waals surface area contributed by atoms with E-state index in [2.05, 4.69) is 18.2 Å². The molecule has 2 aromatic carbocycles. The van der Waals surface area contributed by atoms with Gasteiger partial charge in [0.25, 0.3) is 0 Å². The van der Waals surface area contributed by atoms with Gasteiger partial charge in [-0.05, 0) is 30.5 Å². The van der Waals surface area contributed by atoms with E-state index < -0.39 is 0 Å². The van der Waals surface area contributed by atoms with Gasteiger partial charge in [-0.15, -0.1) is 0 Å². The van der Waals surface area contributed by atoms with Gasteiger partial charge in [0.15, 0.2) is 0 Å². The van der Waals surface area contributed by atoms with Crippen molar-refractivity contribution in [3.8, 4) is 17.2 Å². The predicted octanol–water partition coefficient (Wildman–Crippen LogP) is 3.90. The lowest BCUT2D eigenvalue weighted by atomic mass is 10.0. The Bertz CT molecular complexity index is 671. The molecule has 0 spiro atoms. The van der Waals surface area contributed by atoms with Gasteiger partial charge in [0, 0.05) is 13.1 Å². The van der Waals surface area contributed by atoms with E-state index in [-0.39, 0.29) is 11.8 Å². The fourth-order valence-corrected chi connectivity index (χ4v) is 2.51. The fraction of sp³-hybridized carbons (Fsp3) is 0.300. The van der Waals surface area contributed by atoms with Gasteiger partial charge in [-0.1, -0.05) is 54.6 Å². The first-order chi connectivity index (χ1) is 11.1. The van der Waals surface area contributed by atoms with Gasteiger partial charge < -0.3 is 4.90 Å². The maximum absolute atomic E-state index is 12.4. The third-order valence-corrected chi connectivity index (χ3v) is 3.87. The molecule has 0 saturated carbocycles. The number of carbonyl (C=O) groups excluding carboxylic acids is 1. The monoisotopic (exact) mass is 306 g/mol. The fourth-order valence-electron chi connectivity index (χ4n) is 2.51. The van der Waals surface area contributed by atoms with Gasteiger partial charge >= 0.3 is 0 Å². The first kappa shape index (κ1) is 16.8. The van der Waals surface area contributed by atoms with Crippen molar-refractivity contribution in [3.05, 3.63) is 60.2 Å². The molecule has 118 valence electrons. The first-order valence-corrected chi connectivity index (χ1v) is 7.95. The van der Waals surface area contributed by atoms with Gasteiger partial charge in [0.2, 0.25) is 5.91 Å². The zero-order valence-electron chi connectivity index (χ0n) is 13.7. The molecule has 23 heavy (non-hydrogen) atoms. The molecule has 0 N–H and O–H groups in total. The molecule has 0 aromatic heterocycles. The smallest absolute Gasteiger partial charge is 0.227 e. The number of likely N-dealkylation sites (N-methyl/N-ethyl adjacent to an activating group) is 1. The normalized spacial score (nSPS) is 11.5. The molecular weight excluding hydrogens is 284 g/mol. The molecule has 3 heteroatoms. The van der Waals surface area contributed by atoms with Gasteiger partial charge in [-0.3, -0.25) is 4.79 Å². The third-order valence-electron chi connectivity index (χ3n) is 3.87. The van der Waals surface area contributed by atoms with E-state index in [1.807, 2.05) is 56.3 Å². The highest BCUT2D eigenvalue weighted by molar-refractivity contribution is 5.79. The summed E-state index contributed by atoms with van der Waals surface area (Å²) in [7, 11) is 0. The van der Waals surface area contributed by atoms with Gasteiger partial charge in [-0.25, -0.2) is 0 Å². The molecule has 0 saturated heterocycles. The number of hydrogen-bond donors (Lipinski definition) is 0. The standard InChI is InChI=1S/C20H22N2O/c1-3-22(15-16(2)14-21)20(23)13-17-9-11-19(12-10-17)18-7-5-4-6-8-18/h4-12,16H,3,13,15H2,1-2H3/t16-/m0/s1.